The first-order valence-electron chi connectivity index (χ1n) is 9.05. The molecule has 5 heteroatoms. The Kier molecular flexibility index (Phi) is 5.34. The molecule has 2 N–H and O–H groups in total. The van der Waals surface area contributed by atoms with Crippen molar-refractivity contribution in [1.29, 1.82) is 0 Å². The van der Waals surface area contributed by atoms with Crippen LogP contribution in [0.25, 0.3) is 0 Å². The molecule has 4 rings (SSSR count). The quantitative estimate of drug-likeness (QED) is 0.881. The van der Waals surface area contributed by atoms with Gasteiger partial charge in [-0.3, -0.25) is 9.80 Å². The van der Waals surface area contributed by atoms with E-state index in [9.17, 15) is 0 Å². The summed E-state index contributed by atoms with van der Waals surface area (Å²) in [5.41, 5.74) is 9.62. The number of hydrazine groups is 1. The molecular formula is C20H25ClN4. The van der Waals surface area contributed by atoms with Gasteiger partial charge in [0.05, 0.1) is 6.17 Å². The van der Waals surface area contributed by atoms with Gasteiger partial charge in [-0.25, -0.2) is 10.9 Å². The Morgan fingerprint density at radius 2 is 1.60 bits per heavy atom. The second-order valence-corrected chi connectivity index (χ2v) is 7.38. The van der Waals surface area contributed by atoms with E-state index in [1.54, 1.807) is 0 Å². The van der Waals surface area contributed by atoms with Crippen molar-refractivity contribution in [2.75, 3.05) is 26.2 Å². The largest absolute Gasteiger partial charge is 0.297 e. The smallest absolute Gasteiger partial charge is 0.0748 e. The van der Waals surface area contributed by atoms with E-state index >= 15 is 0 Å². The van der Waals surface area contributed by atoms with Gasteiger partial charge in [-0.1, -0.05) is 54.1 Å². The summed E-state index contributed by atoms with van der Waals surface area (Å²) < 4.78 is 0. The summed E-state index contributed by atoms with van der Waals surface area (Å²) in [4.78, 5) is 5.11. The molecule has 132 valence electrons. The maximum absolute atomic E-state index is 5.99. The van der Waals surface area contributed by atoms with Crippen molar-refractivity contribution in [3.05, 3.63) is 70.7 Å². The van der Waals surface area contributed by atoms with Gasteiger partial charge in [-0.15, -0.1) is 0 Å². The number of piperazine rings is 1. The van der Waals surface area contributed by atoms with Crippen LogP contribution in [-0.2, 0) is 6.54 Å². The number of hydrogen-bond donors (Lipinski definition) is 2. The molecule has 2 unspecified atom stereocenters. The van der Waals surface area contributed by atoms with Crippen molar-refractivity contribution < 1.29 is 0 Å². The van der Waals surface area contributed by atoms with Gasteiger partial charge in [0.2, 0.25) is 0 Å². The molecule has 0 aliphatic carbocycles. The van der Waals surface area contributed by atoms with E-state index < -0.39 is 0 Å². The Morgan fingerprint density at radius 3 is 2.32 bits per heavy atom. The Labute approximate surface area is 154 Å². The second-order valence-electron chi connectivity index (χ2n) is 6.94. The van der Waals surface area contributed by atoms with E-state index in [1.165, 1.54) is 11.1 Å². The second kappa shape index (κ2) is 7.85. The summed E-state index contributed by atoms with van der Waals surface area (Å²) in [6.45, 7) is 5.52. The molecule has 2 saturated heterocycles. The first-order chi connectivity index (χ1) is 12.3. The highest BCUT2D eigenvalue weighted by molar-refractivity contribution is 6.30. The molecule has 0 bridgehead atoms. The van der Waals surface area contributed by atoms with Gasteiger partial charge in [0.15, 0.2) is 0 Å². The van der Waals surface area contributed by atoms with E-state index in [4.69, 9.17) is 11.6 Å². The summed E-state index contributed by atoms with van der Waals surface area (Å²) in [5.74, 6) is 0. The number of benzene rings is 2. The van der Waals surface area contributed by atoms with Gasteiger partial charge in [0, 0.05) is 43.8 Å². The monoisotopic (exact) mass is 356 g/mol. The molecule has 2 aromatic carbocycles. The normalized spacial score (nSPS) is 25.3. The van der Waals surface area contributed by atoms with Gasteiger partial charge in [-0.2, -0.15) is 0 Å². The standard InChI is InChI=1S/C20H25ClN4/c21-18-8-6-17(7-9-18)19-14-20(23-22-19)25-12-10-24(11-13-25)15-16-4-2-1-3-5-16/h1-9,19-20,22-23H,10-15H2. The van der Waals surface area contributed by atoms with Crippen LogP contribution in [0.2, 0.25) is 5.02 Å². The summed E-state index contributed by atoms with van der Waals surface area (Å²) in [6, 6.07) is 19.3. The van der Waals surface area contributed by atoms with Gasteiger partial charge >= 0.3 is 0 Å². The van der Waals surface area contributed by atoms with Crippen LogP contribution in [0.5, 0.6) is 0 Å². The average molecular weight is 357 g/mol. The van der Waals surface area contributed by atoms with Crippen LogP contribution >= 0.6 is 11.6 Å². The molecule has 0 aromatic heterocycles. The van der Waals surface area contributed by atoms with Crippen molar-refractivity contribution in [2.24, 2.45) is 0 Å². The van der Waals surface area contributed by atoms with E-state index in [2.05, 4.69) is 63.1 Å². The summed E-state index contributed by atoms with van der Waals surface area (Å²) in [5, 5.41) is 0.792. The van der Waals surface area contributed by atoms with E-state index in [-0.39, 0.29) is 0 Å². The van der Waals surface area contributed by atoms with E-state index in [0.717, 1.165) is 44.2 Å². The molecule has 0 saturated carbocycles. The number of hydrogen-bond acceptors (Lipinski definition) is 4. The fourth-order valence-electron chi connectivity index (χ4n) is 3.77. The van der Waals surface area contributed by atoms with Crippen LogP contribution in [-0.4, -0.2) is 42.1 Å². The highest BCUT2D eigenvalue weighted by Gasteiger charge is 2.31. The summed E-state index contributed by atoms with van der Waals surface area (Å²) >= 11 is 5.99. The van der Waals surface area contributed by atoms with Gasteiger partial charge in [0.1, 0.15) is 0 Å². The minimum absolute atomic E-state index is 0.351. The minimum Gasteiger partial charge on any atom is -0.297 e. The molecule has 4 nitrogen and oxygen atoms in total. The van der Waals surface area contributed by atoms with Crippen molar-refractivity contribution >= 4 is 11.6 Å². The molecular weight excluding hydrogens is 332 g/mol. The van der Waals surface area contributed by atoms with Crippen LogP contribution in [0, 0.1) is 0 Å². The Hall–Kier alpha value is -1.43. The maximum atomic E-state index is 5.99. The first kappa shape index (κ1) is 17.0. The molecule has 2 aromatic rings. The molecule has 2 aliphatic heterocycles. The Morgan fingerprint density at radius 1 is 0.880 bits per heavy atom. The summed E-state index contributed by atoms with van der Waals surface area (Å²) in [6.07, 6.45) is 1.49. The fraction of sp³-hybridized carbons (Fsp3) is 0.400. The zero-order chi connectivity index (χ0) is 17.1. The number of halogens is 1. The molecule has 0 spiro atoms. The Balaban J connectivity index is 1.28. The number of rotatable bonds is 4. The van der Waals surface area contributed by atoms with Crippen LogP contribution in [0.15, 0.2) is 54.6 Å². The molecule has 0 radical (unpaired) electrons. The summed E-state index contributed by atoms with van der Waals surface area (Å²) in [7, 11) is 0. The predicted octanol–water partition coefficient (Wildman–Crippen LogP) is 3.02. The fourth-order valence-corrected chi connectivity index (χ4v) is 3.89. The maximum Gasteiger partial charge on any atom is 0.0748 e. The van der Waals surface area contributed by atoms with Crippen LogP contribution in [0.1, 0.15) is 23.6 Å². The van der Waals surface area contributed by atoms with Crippen LogP contribution in [0.4, 0.5) is 0 Å². The minimum atomic E-state index is 0.351. The van der Waals surface area contributed by atoms with Crippen LogP contribution < -0.4 is 10.9 Å². The lowest BCUT2D eigenvalue weighted by Crippen LogP contribution is -2.53. The molecule has 2 atom stereocenters. The SMILES string of the molecule is Clc1ccc(C2CC(N3CCN(Cc4ccccc4)CC3)NN2)cc1. The zero-order valence-corrected chi connectivity index (χ0v) is 15.1. The highest BCUT2D eigenvalue weighted by atomic mass is 35.5. The molecule has 25 heavy (non-hydrogen) atoms. The van der Waals surface area contributed by atoms with Crippen molar-refractivity contribution in [3.8, 4) is 0 Å². The van der Waals surface area contributed by atoms with Crippen molar-refractivity contribution in [2.45, 2.75) is 25.2 Å². The zero-order valence-electron chi connectivity index (χ0n) is 14.4. The molecule has 2 heterocycles. The lowest BCUT2D eigenvalue weighted by atomic mass is 10.0. The van der Waals surface area contributed by atoms with E-state index in [1.807, 2.05) is 12.1 Å². The third-order valence-electron chi connectivity index (χ3n) is 5.25. The first-order valence-corrected chi connectivity index (χ1v) is 9.42. The lowest BCUT2D eigenvalue weighted by Gasteiger charge is -2.37. The predicted molar refractivity (Wildman–Crippen MR) is 102 cm³/mol. The molecule has 0 amide bonds. The number of nitrogens with zero attached hydrogens (tertiary/aromatic N) is 2. The van der Waals surface area contributed by atoms with Gasteiger partial charge in [0.25, 0.3) is 0 Å². The van der Waals surface area contributed by atoms with Gasteiger partial charge in [-0.05, 0) is 29.7 Å². The average Bonchev–Trinajstić information content (AvgIpc) is 3.14. The third kappa shape index (κ3) is 4.22. The third-order valence-corrected chi connectivity index (χ3v) is 5.50. The van der Waals surface area contributed by atoms with Crippen LogP contribution in [0.3, 0.4) is 0 Å². The van der Waals surface area contributed by atoms with Crippen molar-refractivity contribution in [3.63, 3.8) is 0 Å². The number of nitrogens with one attached hydrogen (secondary N) is 2. The van der Waals surface area contributed by atoms with Crippen molar-refractivity contribution in [1.82, 2.24) is 20.7 Å². The lowest BCUT2D eigenvalue weighted by molar-refractivity contribution is 0.0830. The van der Waals surface area contributed by atoms with E-state index in [0.29, 0.717) is 12.2 Å². The Bertz CT molecular complexity index is 668. The molecule has 2 fully saturated rings. The molecule has 2 aliphatic rings. The van der Waals surface area contributed by atoms with Gasteiger partial charge < -0.3 is 0 Å². The highest BCUT2D eigenvalue weighted by Crippen LogP contribution is 2.25. The topological polar surface area (TPSA) is 30.5 Å².